The van der Waals surface area contributed by atoms with E-state index < -0.39 is 17.8 Å². The van der Waals surface area contributed by atoms with Gasteiger partial charge in [-0.3, -0.25) is 4.98 Å². The van der Waals surface area contributed by atoms with Crippen molar-refractivity contribution in [1.29, 1.82) is 0 Å². The number of aromatic nitrogens is 1. The predicted molar refractivity (Wildman–Crippen MR) is 101 cm³/mol. The molecule has 2 N–H and O–H groups in total. The number of carboxylic acids is 1. The number of rotatable bonds is 4. The molecule has 0 spiro atoms. The van der Waals surface area contributed by atoms with Crippen LogP contribution in [0.15, 0.2) is 54.7 Å². The lowest BCUT2D eigenvalue weighted by Crippen LogP contribution is -2.07. The molecule has 3 aromatic rings. The van der Waals surface area contributed by atoms with E-state index >= 15 is 0 Å². The van der Waals surface area contributed by atoms with Crippen molar-refractivity contribution in [2.24, 2.45) is 0 Å². The number of nitrogens with zero attached hydrogens (tertiary/aromatic N) is 1. The van der Waals surface area contributed by atoms with E-state index in [1.807, 2.05) is 0 Å². The second-order valence-electron chi connectivity index (χ2n) is 5.72. The first-order valence-corrected chi connectivity index (χ1v) is 8.54. The third-order valence-electron chi connectivity index (χ3n) is 3.84. The summed E-state index contributed by atoms with van der Waals surface area (Å²) in [7, 11) is 0. The Hall–Kier alpha value is -2.77. The van der Waals surface area contributed by atoms with Crippen LogP contribution in [0.1, 0.15) is 16.1 Å². The molecule has 1 heterocycles. The summed E-state index contributed by atoms with van der Waals surface area (Å²) in [6, 6.07) is 11.4. The lowest BCUT2D eigenvalue weighted by atomic mass is 10.0. The molecule has 0 fully saturated rings. The second kappa shape index (κ2) is 7.69. The van der Waals surface area contributed by atoms with Crippen molar-refractivity contribution in [1.82, 2.24) is 4.98 Å². The fourth-order valence-electron chi connectivity index (χ4n) is 2.54. The van der Waals surface area contributed by atoms with Gasteiger partial charge < -0.3 is 10.4 Å². The van der Waals surface area contributed by atoms with Gasteiger partial charge in [0.15, 0.2) is 0 Å². The fraction of sp³-hybridized carbons (Fsp3) is 0.0526. The normalized spacial score (nSPS) is 11.3. The minimum absolute atomic E-state index is 0.0164. The number of carbonyl (C=O) groups is 1. The first kappa shape index (κ1) is 20.0. The fourth-order valence-corrected chi connectivity index (χ4v) is 3.12. The Morgan fingerprint density at radius 3 is 2.25 bits per heavy atom. The molecule has 4 nitrogen and oxygen atoms in total. The summed E-state index contributed by atoms with van der Waals surface area (Å²) < 4.78 is 38.6. The van der Waals surface area contributed by atoms with E-state index in [9.17, 15) is 23.1 Å². The number of alkyl halides is 3. The third kappa shape index (κ3) is 4.21. The Kier molecular flexibility index (Phi) is 5.49. The Morgan fingerprint density at radius 2 is 1.64 bits per heavy atom. The molecule has 2 aromatic carbocycles. The van der Waals surface area contributed by atoms with Crippen molar-refractivity contribution < 1.29 is 23.1 Å². The van der Waals surface area contributed by atoms with Crippen LogP contribution >= 0.6 is 23.2 Å². The monoisotopic (exact) mass is 426 g/mol. The van der Waals surface area contributed by atoms with Gasteiger partial charge in [-0.15, -0.1) is 0 Å². The van der Waals surface area contributed by atoms with Crippen LogP contribution < -0.4 is 5.32 Å². The Morgan fingerprint density at radius 1 is 1.00 bits per heavy atom. The molecule has 0 aliphatic rings. The van der Waals surface area contributed by atoms with Gasteiger partial charge in [0.1, 0.15) is 5.69 Å². The van der Waals surface area contributed by atoms with Gasteiger partial charge in [0.2, 0.25) is 0 Å². The summed E-state index contributed by atoms with van der Waals surface area (Å²) in [6.07, 6.45) is -3.53. The van der Waals surface area contributed by atoms with E-state index in [0.29, 0.717) is 5.56 Å². The van der Waals surface area contributed by atoms with Crippen molar-refractivity contribution in [3.8, 4) is 11.1 Å². The molecule has 0 saturated heterocycles. The van der Waals surface area contributed by atoms with Crippen molar-refractivity contribution in [3.63, 3.8) is 0 Å². The van der Waals surface area contributed by atoms with Crippen molar-refractivity contribution in [2.75, 3.05) is 5.32 Å². The third-order valence-corrected chi connectivity index (χ3v) is 4.44. The van der Waals surface area contributed by atoms with E-state index in [-0.39, 0.29) is 32.5 Å². The molecule has 0 unspecified atom stereocenters. The standard InChI is InChI=1S/C19H11Cl2F3N2O2/c20-13-7-11(10-5-6-25-16(9-10)19(22,23)24)8-14(21)17(13)26-15-4-2-1-3-12(15)18(27)28/h1-9,26H,(H,27,28). The predicted octanol–water partition coefficient (Wildman–Crippen LogP) is 6.52. The number of para-hydroxylation sites is 1. The molecule has 9 heteroatoms. The summed E-state index contributed by atoms with van der Waals surface area (Å²) in [5.41, 5.74) is 0.0989. The number of hydrogen-bond donors (Lipinski definition) is 2. The van der Waals surface area contributed by atoms with E-state index in [4.69, 9.17) is 23.2 Å². The number of anilines is 2. The van der Waals surface area contributed by atoms with E-state index in [2.05, 4.69) is 10.3 Å². The SMILES string of the molecule is O=C(O)c1ccccc1Nc1c(Cl)cc(-c2ccnc(C(F)(F)F)c2)cc1Cl. The maximum Gasteiger partial charge on any atom is 0.433 e. The minimum Gasteiger partial charge on any atom is -0.478 e. The maximum absolute atomic E-state index is 12.9. The lowest BCUT2D eigenvalue weighted by Gasteiger charge is -2.15. The zero-order valence-electron chi connectivity index (χ0n) is 13.9. The smallest absolute Gasteiger partial charge is 0.433 e. The van der Waals surface area contributed by atoms with E-state index in [1.165, 1.54) is 24.3 Å². The van der Waals surface area contributed by atoms with Gasteiger partial charge in [0.25, 0.3) is 0 Å². The van der Waals surface area contributed by atoms with Gasteiger partial charge in [-0.2, -0.15) is 13.2 Å². The Labute approximate surface area is 167 Å². The second-order valence-corrected chi connectivity index (χ2v) is 6.53. The van der Waals surface area contributed by atoms with Crippen molar-refractivity contribution in [2.45, 2.75) is 6.18 Å². The molecule has 0 aliphatic heterocycles. The number of pyridine rings is 1. The largest absolute Gasteiger partial charge is 0.478 e. The molecule has 0 saturated carbocycles. The Bertz CT molecular complexity index is 1030. The average Bonchev–Trinajstić information content (AvgIpc) is 2.64. The van der Waals surface area contributed by atoms with Crippen LogP contribution in [0.25, 0.3) is 11.1 Å². The van der Waals surface area contributed by atoms with Crippen molar-refractivity contribution >= 4 is 40.5 Å². The van der Waals surface area contributed by atoms with Crippen LogP contribution in [0.3, 0.4) is 0 Å². The van der Waals surface area contributed by atoms with Gasteiger partial charge in [-0.1, -0.05) is 35.3 Å². The highest BCUT2D eigenvalue weighted by Gasteiger charge is 2.32. The minimum atomic E-state index is -4.58. The lowest BCUT2D eigenvalue weighted by molar-refractivity contribution is -0.141. The first-order valence-electron chi connectivity index (χ1n) is 7.79. The zero-order valence-corrected chi connectivity index (χ0v) is 15.4. The van der Waals surface area contributed by atoms with Gasteiger partial charge >= 0.3 is 12.1 Å². The molecule has 144 valence electrons. The number of hydrogen-bond acceptors (Lipinski definition) is 3. The topological polar surface area (TPSA) is 62.2 Å². The zero-order chi connectivity index (χ0) is 20.5. The molecule has 0 bridgehead atoms. The highest BCUT2D eigenvalue weighted by Crippen LogP contribution is 2.39. The van der Waals surface area contributed by atoms with Gasteiger partial charge in [0, 0.05) is 6.20 Å². The number of aromatic carboxylic acids is 1. The summed E-state index contributed by atoms with van der Waals surface area (Å²) in [6.45, 7) is 0. The molecule has 0 atom stereocenters. The maximum atomic E-state index is 12.9. The molecule has 0 aliphatic carbocycles. The van der Waals surface area contributed by atoms with Crippen LogP contribution in [0.2, 0.25) is 10.0 Å². The quantitative estimate of drug-likeness (QED) is 0.498. The summed E-state index contributed by atoms with van der Waals surface area (Å²) >= 11 is 12.5. The van der Waals surface area contributed by atoms with Crippen LogP contribution in [-0.2, 0) is 6.18 Å². The summed E-state index contributed by atoms with van der Waals surface area (Å²) in [5.74, 6) is -1.14. The van der Waals surface area contributed by atoms with Crippen molar-refractivity contribution in [3.05, 3.63) is 76.0 Å². The van der Waals surface area contributed by atoms with Crippen LogP contribution in [0.4, 0.5) is 24.5 Å². The summed E-state index contributed by atoms with van der Waals surface area (Å²) in [4.78, 5) is 14.7. The molecule has 28 heavy (non-hydrogen) atoms. The number of halogens is 5. The highest BCUT2D eigenvalue weighted by molar-refractivity contribution is 6.39. The molecular weight excluding hydrogens is 416 g/mol. The molecular formula is C19H11Cl2F3N2O2. The number of benzene rings is 2. The summed E-state index contributed by atoms with van der Waals surface area (Å²) in [5, 5.41) is 12.4. The molecule has 0 amide bonds. The van der Waals surface area contributed by atoms with Crippen LogP contribution in [-0.4, -0.2) is 16.1 Å². The number of carboxylic acid groups (broad SMARTS) is 1. The first-order chi connectivity index (χ1) is 13.2. The van der Waals surface area contributed by atoms with E-state index in [1.54, 1.807) is 18.2 Å². The van der Waals surface area contributed by atoms with Gasteiger partial charge in [-0.05, 0) is 47.5 Å². The molecule has 0 radical (unpaired) electrons. The Balaban J connectivity index is 2.00. The average molecular weight is 427 g/mol. The van der Waals surface area contributed by atoms with Crippen LogP contribution in [0.5, 0.6) is 0 Å². The van der Waals surface area contributed by atoms with E-state index in [0.717, 1.165) is 12.3 Å². The van der Waals surface area contributed by atoms with Gasteiger partial charge in [0.05, 0.1) is 27.0 Å². The number of nitrogens with one attached hydrogen (secondary N) is 1. The molecule has 1 aromatic heterocycles. The highest BCUT2D eigenvalue weighted by atomic mass is 35.5. The molecule has 3 rings (SSSR count). The van der Waals surface area contributed by atoms with Gasteiger partial charge in [-0.25, -0.2) is 4.79 Å². The van der Waals surface area contributed by atoms with Crippen LogP contribution in [0, 0.1) is 0 Å².